The third kappa shape index (κ3) is 4.00. The Morgan fingerprint density at radius 2 is 2.10 bits per heavy atom. The largest absolute Gasteiger partial charge is 0.482 e. The van der Waals surface area contributed by atoms with Gasteiger partial charge in [0.25, 0.3) is 0 Å². The van der Waals surface area contributed by atoms with Crippen LogP contribution in [0.4, 0.5) is 23.2 Å². The van der Waals surface area contributed by atoms with Gasteiger partial charge in [-0.05, 0) is 25.0 Å². The van der Waals surface area contributed by atoms with E-state index in [0.29, 0.717) is 18.8 Å². The van der Waals surface area contributed by atoms with Crippen LogP contribution in [0, 0.1) is 5.82 Å². The van der Waals surface area contributed by atoms with E-state index in [1.165, 1.54) is 12.1 Å². The summed E-state index contributed by atoms with van der Waals surface area (Å²) in [5.74, 6) is -0.490. The van der Waals surface area contributed by atoms with Crippen molar-refractivity contribution in [3.8, 4) is 5.75 Å². The lowest BCUT2D eigenvalue weighted by atomic mass is 10.1. The first-order valence-electron chi connectivity index (χ1n) is 6.35. The molecular weight excluding hydrogens is 276 g/mol. The molecule has 0 aromatic heterocycles. The van der Waals surface area contributed by atoms with Crippen LogP contribution in [-0.2, 0) is 0 Å². The van der Waals surface area contributed by atoms with Crippen LogP contribution >= 0.6 is 0 Å². The highest BCUT2D eigenvalue weighted by molar-refractivity contribution is 5.59. The van der Waals surface area contributed by atoms with Crippen molar-refractivity contribution in [3.05, 3.63) is 24.0 Å². The number of halogens is 4. The molecule has 1 saturated heterocycles. The normalized spacial score (nSPS) is 20.1. The molecule has 20 heavy (non-hydrogen) atoms. The lowest BCUT2D eigenvalue weighted by Crippen LogP contribution is -2.43. The van der Waals surface area contributed by atoms with Crippen LogP contribution in [0.2, 0.25) is 0 Å². The van der Waals surface area contributed by atoms with E-state index < -0.39 is 18.6 Å². The van der Waals surface area contributed by atoms with Crippen LogP contribution in [0.15, 0.2) is 18.2 Å². The number of hydrogen-bond donors (Lipinski definition) is 1. The van der Waals surface area contributed by atoms with Gasteiger partial charge in [-0.1, -0.05) is 0 Å². The maximum atomic E-state index is 13.3. The minimum Gasteiger partial charge on any atom is -0.482 e. The summed E-state index contributed by atoms with van der Waals surface area (Å²) in [6, 6.07) is 3.42. The highest BCUT2D eigenvalue weighted by atomic mass is 19.4. The number of hydrogen-bond acceptors (Lipinski definition) is 3. The highest BCUT2D eigenvalue weighted by Crippen LogP contribution is 2.32. The Labute approximate surface area is 114 Å². The average molecular weight is 292 g/mol. The smallest absolute Gasteiger partial charge is 0.422 e. The number of anilines is 1. The highest BCUT2D eigenvalue weighted by Gasteiger charge is 2.29. The number of rotatable bonds is 3. The van der Waals surface area contributed by atoms with E-state index in [1.54, 1.807) is 4.90 Å². The summed E-state index contributed by atoms with van der Waals surface area (Å²) in [7, 11) is 0. The molecule has 0 radical (unpaired) electrons. The topological polar surface area (TPSA) is 38.5 Å². The standard InChI is InChI=1S/C13H16F4N2O/c14-9-3-4-12(20-8-13(15,16)17)11(6-9)19-5-1-2-10(18)7-19/h3-4,6,10H,1-2,5,7-8,18H2. The lowest BCUT2D eigenvalue weighted by molar-refractivity contribution is -0.153. The minimum atomic E-state index is -4.43. The molecule has 112 valence electrons. The molecule has 0 saturated carbocycles. The second kappa shape index (κ2) is 5.87. The molecule has 1 aliphatic rings. The predicted molar refractivity (Wildman–Crippen MR) is 67.4 cm³/mol. The fraction of sp³-hybridized carbons (Fsp3) is 0.538. The fourth-order valence-corrected chi connectivity index (χ4v) is 2.25. The molecule has 2 rings (SSSR count). The fourth-order valence-electron chi connectivity index (χ4n) is 2.25. The quantitative estimate of drug-likeness (QED) is 0.871. The molecular formula is C13H16F4N2O. The van der Waals surface area contributed by atoms with Gasteiger partial charge in [-0.2, -0.15) is 13.2 Å². The summed E-state index contributed by atoms with van der Waals surface area (Å²) in [4.78, 5) is 1.77. The summed E-state index contributed by atoms with van der Waals surface area (Å²) in [6.45, 7) is -0.295. The molecule has 1 aromatic rings. The number of alkyl halides is 3. The van der Waals surface area contributed by atoms with Crippen molar-refractivity contribution in [1.29, 1.82) is 0 Å². The van der Waals surface area contributed by atoms with E-state index in [1.807, 2.05) is 0 Å². The van der Waals surface area contributed by atoms with Crippen molar-refractivity contribution in [2.45, 2.75) is 25.1 Å². The van der Waals surface area contributed by atoms with Crippen molar-refractivity contribution < 1.29 is 22.3 Å². The first-order valence-corrected chi connectivity index (χ1v) is 6.35. The zero-order chi connectivity index (χ0) is 14.8. The molecule has 0 spiro atoms. The molecule has 2 N–H and O–H groups in total. The average Bonchev–Trinajstić information content (AvgIpc) is 2.36. The van der Waals surface area contributed by atoms with Crippen molar-refractivity contribution >= 4 is 5.69 Å². The SMILES string of the molecule is NC1CCCN(c2cc(F)ccc2OCC(F)(F)F)C1. The Hall–Kier alpha value is -1.50. The summed E-state index contributed by atoms with van der Waals surface area (Å²) < 4.78 is 54.8. The number of nitrogens with zero attached hydrogens (tertiary/aromatic N) is 1. The Bertz CT molecular complexity index is 464. The predicted octanol–water partition coefficient (Wildman–Crippen LogP) is 2.69. The molecule has 7 heteroatoms. The summed E-state index contributed by atoms with van der Waals surface area (Å²) in [5, 5.41) is 0. The zero-order valence-electron chi connectivity index (χ0n) is 10.8. The van der Waals surface area contributed by atoms with E-state index >= 15 is 0 Å². The Morgan fingerprint density at radius 3 is 2.75 bits per heavy atom. The summed E-state index contributed by atoms with van der Waals surface area (Å²) >= 11 is 0. The van der Waals surface area contributed by atoms with E-state index in [9.17, 15) is 17.6 Å². The van der Waals surface area contributed by atoms with Crippen LogP contribution in [0.25, 0.3) is 0 Å². The number of nitrogens with two attached hydrogens (primary N) is 1. The van der Waals surface area contributed by atoms with Gasteiger partial charge >= 0.3 is 6.18 Å². The van der Waals surface area contributed by atoms with Crippen LogP contribution in [0.5, 0.6) is 5.75 Å². The van der Waals surface area contributed by atoms with E-state index in [4.69, 9.17) is 10.5 Å². The maximum Gasteiger partial charge on any atom is 0.422 e. The molecule has 0 amide bonds. The van der Waals surface area contributed by atoms with Crippen LogP contribution in [-0.4, -0.2) is 31.9 Å². The van der Waals surface area contributed by atoms with Gasteiger partial charge in [0.05, 0.1) is 5.69 Å². The summed E-state index contributed by atoms with van der Waals surface area (Å²) in [6.07, 6.45) is -2.76. The van der Waals surface area contributed by atoms with E-state index in [0.717, 1.165) is 18.9 Å². The minimum absolute atomic E-state index is 0.0258. The molecule has 1 aromatic carbocycles. The molecule has 0 bridgehead atoms. The Balaban J connectivity index is 2.19. The monoisotopic (exact) mass is 292 g/mol. The van der Waals surface area contributed by atoms with Gasteiger partial charge in [0, 0.05) is 25.2 Å². The second-order valence-corrected chi connectivity index (χ2v) is 4.86. The number of benzene rings is 1. The van der Waals surface area contributed by atoms with Crippen molar-refractivity contribution in [3.63, 3.8) is 0 Å². The van der Waals surface area contributed by atoms with Crippen LogP contribution in [0.3, 0.4) is 0 Å². The van der Waals surface area contributed by atoms with Crippen molar-refractivity contribution in [2.75, 3.05) is 24.6 Å². The van der Waals surface area contributed by atoms with Gasteiger partial charge in [-0.25, -0.2) is 4.39 Å². The zero-order valence-corrected chi connectivity index (χ0v) is 10.8. The maximum absolute atomic E-state index is 13.3. The van der Waals surface area contributed by atoms with Crippen molar-refractivity contribution in [1.82, 2.24) is 0 Å². The number of ether oxygens (including phenoxy) is 1. The second-order valence-electron chi connectivity index (χ2n) is 4.86. The lowest BCUT2D eigenvalue weighted by Gasteiger charge is -2.33. The van der Waals surface area contributed by atoms with E-state index in [-0.39, 0.29) is 11.8 Å². The van der Waals surface area contributed by atoms with E-state index in [2.05, 4.69) is 0 Å². The van der Waals surface area contributed by atoms with Crippen LogP contribution < -0.4 is 15.4 Å². The number of piperidine rings is 1. The summed E-state index contributed by atoms with van der Waals surface area (Å²) in [5.41, 5.74) is 6.16. The van der Waals surface area contributed by atoms with Gasteiger partial charge in [-0.15, -0.1) is 0 Å². The molecule has 3 nitrogen and oxygen atoms in total. The van der Waals surface area contributed by atoms with Gasteiger partial charge in [0.1, 0.15) is 11.6 Å². The molecule has 1 heterocycles. The third-order valence-corrected chi connectivity index (χ3v) is 3.11. The first kappa shape index (κ1) is 14.9. The Kier molecular flexibility index (Phi) is 4.37. The van der Waals surface area contributed by atoms with Crippen molar-refractivity contribution in [2.24, 2.45) is 5.73 Å². The molecule has 1 aliphatic heterocycles. The first-order chi connectivity index (χ1) is 9.35. The third-order valence-electron chi connectivity index (χ3n) is 3.11. The molecule has 1 fully saturated rings. The molecule has 0 aliphatic carbocycles. The van der Waals surface area contributed by atoms with Gasteiger partial charge in [-0.3, -0.25) is 0 Å². The molecule has 1 atom stereocenters. The Morgan fingerprint density at radius 1 is 1.35 bits per heavy atom. The molecule has 1 unspecified atom stereocenters. The van der Waals surface area contributed by atoms with Gasteiger partial charge in [0.15, 0.2) is 6.61 Å². The van der Waals surface area contributed by atoms with Gasteiger partial charge < -0.3 is 15.4 Å². The van der Waals surface area contributed by atoms with Crippen LogP contribution in [0.1, 0.15) is 12.8 Å². The van der Waals surface area contributed by atoms with Gasteiger partial charge in [0.2, 0.25) is 0 Å².